The van der Waals surface area contributed by atoms with Gasteiger partial charge in [0.05, 0.1) is 6.04 Å². The number of nitrogens with one attached hydrogen (secondary N) is 1. The van der Waals surface area contributed by atoms with Crippen molar-refractivity contribution in [2.24, 2.45) is 5.92 Å². The maximum atomic E-state index is 9.17. The van der Waals surface area contributed by atoms with Crippen LogP contribution >= 0.6 is 11.6 Å². The van der Waals surface area contributed by atoms with Crippen molar-refractivity contribution in [2.45, 2.75) is 12.5 Å². The number of aromatic nitrogens is 2. The van der Waals surface area contributed by atoms with Crippen molar-refractivity contribution < 1.29 is 5.11 Å². The summed E-state index contributed by atoms with van der Waals surface area (Å²) in [6, 6.07) is 0.0401. The number of nitrogen functional groups attached to an aromatic ring is 1. The van der Waals surface area contributed by atoms with E-state index in [1.807, 2.05) is 12.2 Å². The summed E-state index contributed by atoms with van der Waals surface area (Å²) in [5.74, 6) is 0.670. The number of aliphatic hydroxyl groups is 1. The first-order valence-electron chi connectivity index (χ1n) is 5.02. The SMILES string of the molecule is Nc1c(Cl)ncnc1N[C@H]1C=CC[C@H]1CO. The molecule has 0 fully saturated rings. The molecule has 0 aromatic carbocycles. The van der Waals surface area contributed by atoms with Crippen LogP contribution in [0.5, 0.6) is 0 Å². The Morgan fingerprint density at radius 2 is 2.38 bits per heavy atom. The van der Waals surface area contributed by atoms with Crippen molar-refractivity contribution in [3.63, 3.8) is 0 Å². The third kappa shape index (κ3) is 2.10. The zero-order chi connectivity index (χ0) is 11.5. The quantitative estimate of drug-likeness (QED) is 0.544. The first-order chi connectivity index (χ1) is 7.72. The Labute approximate surface area is 98.4 Å². The molecule has 1 aliphatic carbocycles. The molecule has 1 aromatic heterocycles. The number of halogens is 1. The highest BCUT2D eigenvalue weighted by atomic mass is 35.5. The van der Waals surface area contributed by atoms with Gasteiger partial charge in [0.25, 0.3) is 0 Å². The molecule has 16 heavy (non-hydrogen) atoms. The van der Waals surface area contributed by atoms with Crippen LogP contribution in [0.25, 0.3) is 0 Å². The summed E-state index contributed by atoms with van der Waals surface area (Å²) in [7, 11) is 0. The number of hydrogen-bond donors (Lipinski definition) is 3. The van der Waals surface area contributed by atoms with E-state index in [1.165, 1.54) is 6.33 Å². The summed E-state index contributed by atoms with van der Waals surface area (Å²) in [5, 5.41) is 12.5. The number of aliphatic hydroxyl groups excluding tert-OH is 1. The van der Waals surface area contributed by atoms with E-state index in [4.69, 9.17) is 22.4 Å². The van der Waals surface area contributed by atoms with Crippen LogP contribution in [-0.2, 0) is 0 Å². The first-order valence-corrected chi connectivity index (χ1v) is 5.40. The molecule has 0 unspecified atom stereocenters. The Hall–Kier alpha value is -1.33. The minimum atomic E-state index is 0.0401. The smallest absolute Gasteiger partial charge is 0.157 e. The molecule has 2 atom stereocenters. The monoisotopic (exact) mass is 240 g/mol. The summed E-state index contributed by atoms with van der Waals surface area (Å²) in [5.41, 5.74) is 6.08. The molecule has 0 radical (unpaired) electrons. The van der Waals surface area contributed by atoms with Crippen molar-refractivity contribution in [3.8, 4) is 0 Å². The Bertz CT molecular complexity index is 410. The lowest BCUT2D eigenvalue weighted by Crippen LogP contribution is -2.27. The van der Waals surface area contributed by atoms with Gasteiger partial charge >= 0.3 is 0 Å². The van der Waals surface area contributed by atoms with Gasteiger partial charge in [-0.05, 0) is 6.42 Å². The van der Waals surface area contributed by atoms with E-state index in [1.54, 1.807) is 0 Å². The third-order valence-corrected chi connectivity index (χ3v) is 2.96. The fourth-order valence-electron chi connectivity index (χ4n) is 1.70. The molecule has 0 spiro atoms. The molecule has 0 amide bonds. The van der Waals surface area contributed by atoms with Crippen LogP contribution in [0.1, 0.15) is 6.42 Å². The van der Waals surface area contributed by atoms with Crippen LogP contribution in [0, 0.1) is 5.92 Å². The molecule has 4 N–H and O–H groups in total. The summed E-state index contributed by atoms with van der Waals surface area (Å²) in [6.07, 6.45) is 6.23. The number of nitrogens with zero attached hydrogens (tertiary/aromatic N) is 2. The summed E-state index contributed by atoms with van der Waals surface area (Å²) in [4.78, 5) is 7.80. The predicted molar refractivity (Wildman–Crippen MR) is 63.2 cm³/mol. The van der Waals surface area contributed by atoms with Gasteiger partial charge < -0.3 is 16.2 Å². The van der Waals surface area contributed by atoms with Crippen LogP contribution in [0.15, 0.2) is 18.5 Å². The fourth-order valence-corrected chi connectivity index (χ4v) is 1.84. The molecule has 6 heteroatoms. The summed E-state index contributed by atoms with van der Waals surface area (Å²) in [6.45, 7) is 0.128. The molecule has 0 saturated carbocycles. The van der Waals surface area contributed by atoms with Gasteiger partial charge in [0.2, 0.25) is 0 Å². The Kier molecular flexibility index (Phi) is 3.26. The van der Waals surface area contributed by atoms with E-state index in [0.29, 0.717) is 11.5 Å². The second-order valence-electron chi connectivity index (χ2n) is 3.70. The summed E-state index contributed by atoms with van der Waals surface area (Å²) >= 11 is 5.79. The van der Waals surface area contributed by atoms with Gasteiger partial charge in [-0.2, -0.15) is 0 Å². The number of allylic oxidation sites excluding steroid dienone is 1. The Balaban J connectivity index is 2.14. The standard InChI is InChI=1S/C10H13ClN4O/c11-9-8(12)10(14-5-13-9)15-7-3-1-2-6(7)4-16/h1,3,5-7,16H,2,4,12H2,(H,13,14,15)/t6-,7-/m0/s1. The predicted octanol–water partition coefficient (Wildman–Crippen LogP) is 1.06. The van der Waals surface area contributed by atoms with Crippen LogP contribution in [0.2, 0.25) is 5.15 Å². The van der Waals surface area contributed by atoms with Crippen LogP contribution in [-0.4, -0.2) is 27.7 Å². The van der Waals surface area contributed by atoms with Crippen molar-refractivity contribution >= 4 is 23.1 Å². The van der Waals surface area contributed by atoms with E-state index in [0.717, 1.165) is 6.42 Å². The van der Waals surface area contributed by atoms with E-state index < -0.39 is 0 Å². The molecule has 1 aliphatic rings. The second-order valence-corrected chi connectivity index (χ2v) is 4.06. The molecular weight excluding hydrogens is 228 g/mol. The molecule has 86 valence electrons. The van der Waals surface area contributed by atoms with Crippen molar-refractivity contribution in [1.29, 1.82) is 0 Å². The average Bonchev–Trinajstić information content (AvgIpc) is 2.72. The number of anilines is 2. The highest BCUT2D eigenvalue weighted by molar-refractivity contribution is 6.32. The van der Waals surface area contributed by atoms with Crippen molar-refractivity contribution in [1.82, 2.24) is 9.97 Å². The first kappa shape index (κ1) is 11.2. The van der Waals surface area contributed by atoms with E-state index >= 15 is 0 Å². The highest BCUT2D eigenvalue weighted by Gasteiger charge is 2.23. The zero-order valence-corrected chi connectivity index (χ0v) is 9.35. The Morgan fingerprint density at radius 3 is 3.12 bits per heavy atom. The molecule has 0 bridgehead atoms. The number of nitrogens with two attached hydrogens (primary N) is 1. The lowest BCUT2D eigenvalue weighted by Gasteiger charge is -2.19. The van der Waals surface area contributed by atoms with Gasteiger partial charge in [-0.25, -0.2) is 9.97 Å². The topological polar surface area (TPSA) is 84.1 Å². The molecule has 1 heterocycles. The maximum Gasteiger partial charge on any atom is 0.157 e. The van der Waals surface area contributed by atoms with Crippen LogP contribution in [0.3, 0.4) is 0 Å². The van der Waals surface area contributed by atoms with E-state index in [9.17, 15) is 0 Å². The molecule has 0 saturated heterocycles. The minimum Gasteiger partial charge on any atom is -0.396 e. The fraction of sp³-hybridized carbons (Fsp3) is 0.400. The lowest BCUT2D eigenvalue weighted by atomic mass is 10.0. The number of rotatable bonds is 3. The normalized spacial score (nSPS) is 23.6. The van der Waals surface area contributed by atoms with E-state index in [-0.39, 0.29) is 23.7 Å². The zero-order valence-electron chi connectivity index (χ0n) is 8.60. The molecule has 5 nitrogen and oxygen atoms in total. The van der Waals surface area contributed by atoms with Gasteiger partial charge in [-0.1, -0.05) is 23.8 Å². The van der Waals surface area contributed by atoms with Crippen molar-refractivity contribution in [2.75, 3.05) is 17.7 Å². The van der Waals surface area contributed by atoms with Crippen LogP contribution in [0.4, 0.5) is 11.5 Å². The minimum absolute atomic E-state index is 0.0401. The Morgan fingerprint density at radius 1 is 1.56 bits per heavy atom. The van der Waals surface area contributed by atoms with E-state index in [2.05, 4.69) is 15.3 Å². The third-order valence-electron chi connectivity index (χ3n) is 2.66. The number of hydrogen-bond acceptors (Lipinski definition) is 5. The maximum absolute atomic E-state index is 9.17. The van der Waals surface area contributed by atoms with Crippen molar-refractivity contribution in [3.05, 3.63) is 23.6 Å². The molecular formula is C10H13ClN4O. The molecule has 2 rings (SSSR count). The van der Waals surface area contributed by atoms with Gasteiger partial charge in [0.15, 0.2) is 11.0 Å². The van der Waals surface area contributed by atoms with Crippen LogP contribution < -0.4 is 11.1 Å². The summed E-state index contributed by atoms with van der Waals surface area (Å²) < 4.78 is 0. The van der Waals surface area contributed by atoms with Gasteiger partial charge in [0.1, 0.15) is 12.0 Å². The van der Waals surface area contributed by atoms with Gasteiger partial charge in [-0.3, -0.25) is 0 Å². The highest BCUT2D eigenvalue weighted by Crippen LogP contribution is 2.26. The molecule has 0 aliphatic heterocycles. The molecule has 1 aromatic rings. The average molecular weight is 241 g/mol. The second kappa shape index (κ2) is 4.67. The lowest BCUT2D eigenvalue weighted by molar-refractivity contribution is 0.227. The van der Waals surface area contributed by atoms with Gasteiger partial charge in [0, 0.05) is 12.5 Å². The van der Waals surface area contributed by atoms with Gasteiger partial charge in [-0.15, -0.1) is 0 Å². The largest absolute Gasteiger partial charge is 0.396 e.